The molecule has 9 nitrogen and oxygen atoms in total. The third kappa shape index (κ3) is 5.43. The zero-order valence-corrected chi connectivity index (χ0v) is 19.3. The van der Waals surface area contributed by atoms with Crippen LogP contribution < -0.4 is 15.4 Å². The molecule has 3 aromatic rings. The summed E-state index contributed by atoms with van der Waals surface area (Å²) >= 11 is 0. The number of nitrogens with one attached hydrogen (secondary N) is 2. The molecular formula is C25H25FN4O5. The van der Waals surface area contributed by atoms with Crippen LogP contribution in [0, 0.1) is 12.7 Å². The number of amides is 4. The van der Waals surface area contributed by atoms with Gasteiger partial charge in [0.05, 0.1) is 24.6 Å². The highest BCUT2D eigenvalue weighted by Gasteiger charge is 2.25. The number of aryl methyl sites for hydroxylation is 1. The summed E-state index contributed by atoms with van der Waals surface area (Å²) in [4.78, 5) is 41.2. The van der Waals surface area contributed by atoms with Gasteiger partial charge in [0.25, 0.3) is 11.8 Å². The largest absolute Gasteiger partial charge is 0.497 e. The molecule has 10 heteroatoms. The maximum atomic E-state index is 14.3. The average Bonchev–Trinajstić information content (AvgIpc) is 3.31. The summed E-state index contributed by atoms with van der Waals surface area (Å²) in [5.41, 5.74) is 1.07. The molecule has 0 unspecified atom stereocenters. The molecule has 2 N–H and O–H groups in total. The van der Waals surface area contributed by atoms with E-state index < -0.39 is 11.7 Å². The van der Waals surface area contributed by atoms with E-state index in [4.69, 9.17) is 9.15 Å². The number of rotatable bonds is 5. The Balaban J connectivity index is 1.35. The number of nitrogens with zero attached hydrogens (tertiary/aromatic N) is 2. The smallest absolute Gasteiger partial charge is 0.321 e. The van der Waals surface area contributed by atoms with Gasteiger partial charge in [0.2, 0.25) is 0 Å². The van der Waals surface area contributed by atoms with E-state index >= 15 is 0 Å². The van der Waals surface area contributed by atoms with E-state index in [0.717, 1.165) is 6.07 Å². The lowest BCUT2D eigenvalue weighted by Gasteiger charge is -2.34. The van der Waals surface area contributed by atoms with Gasteiger partial charge in [0.1, 0.15) is 17.3 Å². The number of piperazine rings is 1. The molecule has 182 valence electrons. The summed E-state index contributed by atoms with van der Waals surface area (Å²) in [5.74, 6) is -0.270. The second-order valence-electron chi connectivity index (χ2n) is 7.98. The zero-order valence-electron chi connectivity index (χ0n) is 19.3. The van der Waals surface area contributed by atoms with Gasteiger partial charge in [-0.05, 0) is 49.4 Å². The maximum Gasteiger partial charge on any atom is 0.321 e. The summed E-state index contributed by atoms with van der Waals surface area (Å²) < 4.78 is 24.5. The van der Waals surface area contributed by atoms with E-state index in [9.17, 15) is 18.8 Å². The van der Waals surface area contributed by atoms with E-state index in [-0.39, 0.29) is 17.6 Å². The fraction of sp³-hybridized carbons (Fsp3) is 0.240. The number of carbonyl (C=O) groups is 3. The Morgan fingerprint density at radius 1 is 0.971 bits per heavy atom. The molecule has 2 heterocycles. The Bertz CT molecular complexity index is 1250. The summed E-state index contributed by atoms with van der Waals surface area (Å²) in [6.45, 7) is 3.06. The fourth-order valence-electron chi connectivity index (χ4n) is 3.76. The van der Waals surface area contributed by atoms with Gasteiger partial charge < -0.3 is 29.6 Å². The van der Waals surface area contributed by atoms with Crippen LogP contribution in [0.1, 0.15) is 26.5 Å². The van der Waals surface area contributed by atoms with Crippen molar-refractivity contribution in [2.75, 3.05) is 43.9 Å². The normalized spacial score (nSPS) is 13.3. The highest BCUT2D eigenvalue weighted by Crippen LogP contribution is 2.22. The number of halogens is 1. The first-order valence-electron chi connectivity index (χ1n) is 11.0. The van der Waals surface area contributed by atoms with E-state index in [1.807, 2.05) is 0 Å². The monoisotopic (exact) mass is 480 g/mol. The van der Waals surface area contributed by atoms with Gasteiger partial charge in [-0.25, -0.2) is 9.18 Å². The molecule has 1 aliphatic heterocycles. The molecule has 0 atom stereocenters. The molecule has 1 aromatic heterocycles. The minimum atomic E-state index is -0.637. The first kappa shape index (κ1) is 23.8. The van der Waals surface area contributed by atoms with E-state index in [2.05, 4.69) is 10.6 Å². The number of methoxy groups -OCH3 is 1. The highest BCUT2D eigenvalue weighted by atomic mass is 19.1. The van der Waals surface area contributed by atoms with Gasteiger partial charge in [-0.15, -0.1) is 0 Å². The molecule has 0 aliphatic carbocycles. The minimum absolute atomic E-state index is 0.0675. The van der Waals surface area contributed by atoms with Crippen LogP contribution in [0.15, 0.2) is 59.2 Å². The van der Waals surface area contributed by atoms with Crippen LogP contribution in [-0.2, 0) is 0 Å². The summed E-state index contributed by atoms with van der Waals surface area (Å²) in [6, 6.07) is 12.0. The van der Waals surface area contributed by atoms with Gasteiger partial charge in [-0.2, -0.15) is 0 Å². The van der Waals surface area contributed by atoms with Crippen molar-refractivity contribution in [2.45, 2.75) is 6.92 Å². The maximum absolute atomic E-state index is 14.3. The van der Waals surface area contributed by atoms with Crippen molar-refractivity contribution < 1.29 is 27.9 Å². The van der Waals surface area contributed by atoms with Crippen molar-refractivity contribution in [2.24, 2.45) is 0 Å². The Hall–Kier alpha value is -4.34. The topological polar surface area (TPSA) is 104 Å². The number of hydrogen-bond acceptors (Lipinski definition) is 5. The molecule has 0 bridgehead atoms. The molecule has 0 radical (unpaired) electrons. The van der Waals surface area contributed by atoms with Crippen molar-refractivity contribution in [3.8, 4) is 5.75 Å². The van der Waals surface area contributed by atoms with Crippen LogP contribution in [0.5, 0.6) is 5.75 Å². The second kappa shape index (κ2) is 10.3. The Kier molecular flexibility index (Phi) is 7.00. The highest BCUT2D eigenvalue weighted by molar-refractivity contribution is 6.05. The van der Waals surface area contributed by atoms with Gasteiger partial charge >= 0.3 is 6.03 Å². The molecule has 35 heavy (non-hydrogen) atoms. The summed E-state index contributed by atoms with van der Waals surface area (Å²) in [6.07, 6.45) is 1.38. The predicted molar refractivity (Wildman–Crippen MR) is 127 cm³/mol. The number of hydrogen-bond donors (Lipinski definition) is 2. The van der Waals surface area contributed by atoms with Crippen LogP contribution in [0.3, 0.4) is 0 Å². The van der Waals surface area contributed by atoms with Gasteiger partial charge in [0, 0.05) is 37.4 Å². The van der Waals surface area contributed by atoms with Crippen molar-refractivity contribution in [3.05, 3.63) is 77.5 Å². The Morgan fingerprint density at radius 3 is 2.40 bits per heavy atom. The van der Waals surface area contributed by atoms with E-state index in [1.54, 1.807) is 48.1 Å². The lowest BCUT2D eigenvalue weighted by Crippen LogP contribution is -2.51. The first-order valence-corrected chi connectivity index (χ1v) is 11.0. The number of carbonyl (C=O) groups excluding carboxylic acids is 3. The molecule has 2 aromatic carbocycles. The molecule has 0 saturated carbocycles. The van der Waals surface area contributed by atoms with Crippen molar-refractivity contribution in [1.82, 2.24) is 9.80 Å². The molecule has 4 amide bonds. The third-order valence-corrected chi connectivity index (χ3v) is 5.74. The fourth-order valence-corrected chi connectivity index (χ4v) is 3.76. The summed E-state index contributed by atoms with van der Waals surface area (Å²) in [7, 11) is 1.54. The Morgan fingerprint density at radius 2 is 1.71 bits per heavy atom. The van der Waals surface area contributed by atoms with Crippen LogP contribution >= 0.6 is 0 Å². The van der Waals surface area contributed by atoms with Crippen LogP contribution in [0.2, 0.25) is 0 Å². The van der Waals surface area contributed by atoms with Crippen molar-refractivity contribution in [1.29, 1.82) is 0 Å². The number of furan rings is 1. The lowest BCUT2D eigenvalue weighted by molar-refractivity contribution is 0.0671. The molecule has 0 spiro atoms. The van der Waals surface area contributed by atoms with Crippen LogP contribution in [-0.4, -0.2) is 60.9 Å². The molecular weight excluding hydrogens is 455 g/mol. The molecule has 1 aliphatic rings. The molecule has 4 rings (SSSR count). The number of urea groups is 1. The number of benzene rings is 2. The average molecular weight is 480 g/mol. The molecule has 1 fully saturated rings. The number of anilines is 2. The van der Waals surface area contributed by atoms with Crippen LogP contribution in [0.4, 0.5) is 20.6 Å². The van der Waals surface area contributed by atoms with Crippen molar-refractivity contribution >= 4 is 29.2 Å². The second-order valence-corrected chi connectivity index (χ2v) is 7.98. The third-order valence-electron chi connectivity index (χ3n) is 5.74. The lowest BCUT2D eigenvalue weighted by atomic mass is 10.1. The SMILES string of the molecule is COc1cccc(C(=O)N2CCN(C(=O)Nc3ccc(F)c(NC(=O)c4ccoc4C)c3)CC2)c1. The van der Waals surface area contributed by atoms with Crippen molar-refractivity contribution in [3.63, 3.8) is 0 Å². The van der Waals surface area contributed by atoms with Gasteiger partial charge in [0.15, 0.2) is 0 Å². The quantitative estimate of drug-likeness (QED) is 0.575. The number of ether oxygens (including phenoxy) is 1. The first-order chi connectivity index (χ1) is 16.9. The standard InChI is InChI=1S/C25H25FN4O5/c1-16-20(8-13-35-16)23(31)28-22-15-18(6-7-21(22)26)27-25(33)30-11-9-29(10-12-30)24(32)17-4-3-5-19(14-17)34-2/h3-8,13-15H,9-12H2,1-2H3,(H,27,33)(H,28,31). The van der Waals surface area contributed by atoms with E-state index in [0.29, 0.717) is 54.5 Å². The Labute approximate surface area is 201 Å². The van der Waals surface area contributed by atoms with Crippen LogP contribution in [0.25, 0.3) is 0 Å². The summed E-state index contributed by atoms with van der Waals surface area (Å²) in [5, 5.41) is 5.22. The minimum Gasteiger partial charge on any atom is -0.497 e. The van der Waals surface area contributed by atoms with Gasteiger partial charge in [-0.3, -0.25) is 9.59 Å². The zero-order chi connectivity index (χ0) is 24.9. The molecule has 1 saturated heterocycles. The van der Waals surface area contributed by atoms with E-state index in [1.165, 1.54) is 24.5 Å². The predicted octanol–water partition coefficient (Wildman–Crippen LogP) is 3.98. The van der Waals surface area contributed by atoms with Gasteiger partial charge in [-0.1, -0.05) is 6.07 Å².